The van der Waals surface area contributed by atoms with Crippen molar-refractivity contribution in [1.82, 2.24) is 9.88 Å². The normalized spacial score (nSPS) is 28.5. The number of carbonyl (C=O) groups is 2. The van der Waals surface area contributed by atoms with E-state index in [1.54, 1.807) is 12.3 Å². The van der Waals surface area contributed by atoms with Crippen LogP contribution in [0.1, 0.15) is 19.5 Å². The maximum Gasteiger partial charge on any atom is 0.353 e. The van der Waals surface area contributed by atoms with E-state index < -0.39 is 18.0 Å². The predicted octanol–water partition coefficient (Wildman–Crippen LogP) is 1.09. The summed E-state index contributed by atoms with van der Waals surface area (Å²) in [5, 5.41) is 31.1. The highest BCUT2D eigenvalue weighted by Gasteiger charge is 2.60. The Labute approximate surface area is 164 Å². The summed E-state index contributed by atoms with van der Waals surface area (Å²) in [6.45, 7) is 4.93. The molecule has 0 saturated carbocycles. The molecular formula is C17H18N4O4S2. The van der Waals surface area contributed by atoms with Gasteiger partial charge >= 0.3 is 5.97 Å². The number of anilines is 1. The highest BCUT2D eigenvalue weighted by Crippen LogP contribution is 2.52. The Morgan fingerprint density at radius 2 is 2.22 bits per heavy atom. The summed E-state index contributed by atoms with van der Waals surface area (Å²) < 4.78 is 0. The number of aliphatic hydroxyl groups is 1. The molecule has 1 aromatic heterocycles. The van der Waals surface area contributed by atoms with Crippen LogP contribution in [-0.2, 0) is 9.59 Å². The molecule has 8 nitrogen and oxygen atoms in total. The quantitative estimate of drug-likeness (QED) is 0.698. The fourth-order valence-electron chi connectivity index (χ4n) is 3.99. The largest absolute Gasteiger partial charge is 0.477 e. The lowest BCUT2D eigenvalue weighted by Crippen LogP contribution is -2.63. The molecule has 0 aliphatic carbocycles. The van der Waals surface area contributed by atoms with Crippen LogP contribution in [0.5, 0.6) is 0 Å². The van der Waals surface area contributed by atoms with Gasteiger partial charge in [-0.1, -0.05) is 6.92 Å². The molecule has 3 aliphatic rings. The third-order valence-corrected chi connectivity index (χ3v) is 7.68. The molecule has 2 fully saturated rings. The van der Waals surface area contributed by atoms with Crippen LogP contribution in [0.15, 0.2) is 16.0 Å². The molecule has 4 heterocycles. The number of fused-ring (bicyclic) bond motifs is 1. The lowest BCUT2D eigenvalue weighted by Gasteiger charge is -2.46. The molecule has 2 N–H and O–H groups in total. The summed E-state index contributed by atoms with van der Waals surface area (Å²) in [7, 11) is 0. The van der Waals surface area contributed by atoms with Gasteiger partial charge in [0.25, 0.3) is 0 Å². The van der Waals surface area contributed by atoms with Gasteiger partial charge in [0.15, 0.2) is 10.8 Å². The van der Waals surface area contributed by atoms with Gasteiger partial charge in [0.1, 0.15) is 11.8 Å². The number of aliphatic hydroxyl groups excluding tert-OH is 1. The number of aromatic nitrogens is 1. The first kappa shape index (κ1) is 18.3. The van der Waals surface area contributed by atoms with E-state index in [9.17, 15) is 19.8 Å². The van der Waals surface area contributed by atoms with E-state index in [1.807, 2.05) is 13.0 Å². The zero-order valence-corrected chi connectivity index (χ0v) is 16.3. The number of carboxylic acids is 1. The smallest absolute Gasteiger partial charge is 0.353 e. The third-order valence-electron chi connectivity index (χ3n) is 5.33. The van der Waals surface area contributed by atoms with E-state index in [0.717, 1.165) is 5.13 Å². The highest BCUT2D eigenvalue weighted by atomic mass is 32.2. The molecule has 0 bridgehead atoms. The molecule has 1 amide bonds. The van der Waals surface area contributed by atoms with Crippen molar-refractivity contribution in [2.24, 2.45) is 11.8 Å². The third kappa shape index (κ3) is 2.72. The Morgan fingerprint density at radius 1 is 1.52 bits per heavy atom. The van der Waals surface area contributed by atoms with Crippen molar-refractivity contribution in [2.45, 2.75) is 31.2 Å². The van der Waals surface area contributed by atoms with E-state index in [1.165, 1.54) is 28.0 Å². The van der Waals surface area contributed by atoms with Crippen molar-refractivity contribution in [3.8, 4) is 6.07 Å². The molecule has 0 aromatic carbocycles. The van der Waals surface area contributed by atoms with Crippen molar-refractivity contribution in [1.29, 1.82) is 5.26 Å². The standard InChI is InChI=1S/C17H18N4O4S2/c1-7-12-11(8(2)22)15(23)21(12)13(16(24)25)14(7)27-10-4-20(5-10)17-19-9(3-18)6-26-17/h6-8,10-12,22H,4-5H2,1-2H3,(H,24,25)/t7-,8-,11?,12?/m1/s1. The molecule has 10 heteroatoms. The van der Waals surface area contributed by atoms with Gasteiger partial charge in [-0.15, -0.1) is 23.1 Å². The number of nitrogens with zero attached hydrogens (tertiary/aromatic N) is 4. The van der Waals surface area contributed by atoms with Crippen molar-refractivity contribution in [3.63, 3.8) is 0 Å². The first-order valence-corrected chi connectivity index (χ1v) is 10.3. The molecule has 0 spiro atoms. The topological polar surface area (TPSA) is 118 Å². The second-order valence-electron chi connectivity index (χ2n) is 7.04. The van der Waals surface area contributed by atoms with Crippen molar-refractivity contribution in [2.75, 3.05) is 18.0 Å². The van der Waals surface area contributed by atoms with Crippen LogP contribution < -0.4 is 4.90 Å². The van der Waals surface area contributed by atoms with E-state index in [2.05, 4.69) is 9.88 Å². The Hall–Kier alpha value is -2.09. The minimum absolute atomic E-state index is 0.0684. The van der Waals surface area contributed by atoms with E-state index >= 15 is 0 Å². The van der Waals surface area contributed by atoms with Gasteiger partial charge in [0.05, 0.1) is 18.1 Å². The average molecular weight is 406 g/mol. The second-order valence-corrected chi connectivity index (χ2v) is 9.22. The molecule has 2 saturated heterocycles. The number of β-lactam (4-membered cyclic amide) rings is 1. The SMILES string of the molecule is C[C@@H](O)C1C(=O)N2C(C(=O)O)=C(SC3CN(c4nc(C#N)cs4)C3)[C@H](C)C12. The summed E-state index contributed by atoms with van der Waals surface area (Å²) in [6, 6.07) is 1.74. The lowest BCUT2D eigenvalue weighted by atomic mass is 9.79. The van der Waals surface area contributed by atoms with Gasteiger partial charge < -0.3 is 20.0 Å². The van der Waals surface area contributed by atoms with E-state index in [4.69, 9.17) is 5.26 Å². The molecule has 1 aromatic rings. The number of carbonyl (C=O) groups excluding carboxylic acids is 1. The zero-order valence-electron chi connectivity index (χ0n) is 14.7. The Balaban J connectivity index is 1.48. The Bertz CT molecular complexity index is 884. The second kappa shape index (κ2) is 6.51. The van der Waals surface area contributed by atoms with Gasteiger partial charge in [0, 0.05) is 34.5 Å². The molecule has 4 rings (SSSR count). The Kier molecular flexibility index (Phi) is 4.41. The minimum Gasteiger partial charge on any atom is -0.477 e. The number of hydrogen-bond acceptors (Lipinski definition) is 8. The van der Waals surface area contributed by atoms with E-state index in [-0.39, 0.29) is 28.8 Å². The van der Waals surface area contributed by atoms with Crippen LogP contribution in [0.3, 0.4) is 0 Å². The van der Waals surface area contributed by atoms with Crippen LogP contribution in [0.2, 0.25) is 0 Å². The van der Waals surface area contributed by atoms with Crippen molar-refractivity contribution >= 4 is 40.1 Å². The van der Waals surface area contributed by atoms with Crippen molar-refractivity contribution in [3.05, 3.63) is 21.7 Å². The predicted molar refractivity (Wildman–Crippen MR) is 100 cm³/mol. The average Bonchev–Trinajstić information content (AvgIpc) is 3.12. The van der Waals surface area contributed by atoms with Gasteiger partial charge in [-0.25, -0.2) is 9.78 Å². The monoisotopic (exact) mass is 406 g/mol. The van der Waals surface area contributed by atoms with Crippen LogP contribution in [-0.4, -0.2) is 62.5 Å². The maximum atomic E-state index is 12.3. The first-order chi connectivity index (χ1) is 12.8. The molecule has 0 radical (unpaired) electrons. The molecular weight excluding hydrogens is 388 g/mol. The Morgan fingerprint density at radius 3 is 2.78 bits per heavy atom. The van der Waals surface area contributed by atoms with Gasteiger partial charge in [0.2, 0.25) is 5.91 Å². The molecule has 2 unspecified atom stereocenters. The first-order valence-electron chi connectivity index (χ1n) is 8.59. The number of thiazole rings is 1. The summed E-state index contributed by atoms with van der Waals surface area (Å²) >= 11 is 2.93. The van der Waals surface area contributed by atoms with E-state index in [0.29, 0.717) is 23.7 Å². The molecule has 27 heavy (non-hydrogen) atoms. The van der Waals surface area contributed by atoms with Crippen LogP contribution in [0.25, 0.3) is 0 Å². The number of carboxylic acid groups (broad SMARTS) is 1. The highest BCUT2D eigenvalue weighted by molar-refractivity contribution is 8.03. The van der Waals surface area contributed by atoms with Gasteiger partial charge in [-0.05, 0) is 6.92 Å². The minimum atomic E-state index is -1.10. The molecule has 3 aliphatic heterocycles. The summed E-state index contributed by atoms with van der Waals surface area (Å²) in [4.78, 5) is 32.5. The van der Waals surface area contributed by atoms with Gasteiger partial charge in [-0.3, -0.25) is 4.79 Å². The number of hydrogen-bond donors (Lipinski definition) is 2. The van der Waals surface area contributed by atoms with Crippen LogP contribution in [0, 0.1) is 23.2 Å². The number of nitriles is 1. The number of amides is 1. The van der Waals surface area contributed by atoms with Crippen molar-refractivity contribution < 1.29 is 19.8 Å². The number of aliphatic carboxylic acids is 1. The van der Waals surface area contributed by atoms with Crippen LogP contribution >= 0.6 is 23.1 Å². The summed E-state index contributed by atoms with van der Waals surface area (Å²) in [5.41, 5.74) is 0.470. The zero-order chi connectivity index (χ0) is 19.5. The number of rotatable bonds is 5. The molecule has 142 valence electrons. The van der Waals surface area contributed by atoms with Crippen LogP contribution in [0.4, 0.5) is 5.13 Å². The molecule has 4 atom stereocenters. The van der Waals surface area contributed by atoms with Gasteiger partial charge in [-0.2, -0.15) is 5.26 Å². The summed E-state index contributed by atoms with van der Waals surface area (Å²) in [5.74, 6) is -2.06. The maximum absolute atomic E-state index is 12.3. The summed E-state index contributed by atoms with van der Waals surface area (Å²) in [6.07, 6.45) is -0.793. The fraction of sp³-hybridized carbons (Fsp3) is 0.529. The fourth-order valence-corrected chi connectivity index (χ4v) is 6.28. The lowest BCUT2D eigenvalue weighted by molar-refractivity contribution is -0.163. The number of thioether (sulfide) groups is 1.